The van der Waals surface area contributed by atoms with Gasteiger partial charge in [-0.15, -0.1) is 11.8 Å². The first-order valence-electron chi connectivity index (χ1n) is 6.32. The Hall–Kier alpha value is -1.53. The first kappa shape index (κ1) is 16.5. The topological polar surface area (TPSA) is 75.6 Å². The predicted molar refractivity (Wildman–Crippen MR) is 78.7 cm³/mol. The van der Waals surface area contributed by atoms with Crippen LogP contribution in [0.1, 0.15) is 12.5 Å². The molecule has 0 radical (unpaired) electrons. The van der Waals surface area contributed by atoms with Gasteiger partial charge in [0.05, 0.1) is 11.9 Å². The van der Waals surface area contributed by atoms with E-state index >= 15 is 0 Å². The van der Waals surface area contributed by atoms with Gasteiger partial charge in [0, 0.05) is 12.3 Å². The molecule has 0 heterocycles. The molecule has 1 aromatic rings. The van der Waals surface area contributed by atoms with Crippen molar-refractivity contribution in [1.82, 2.24) is 5.32 Å². The summed E-state index contributed by atoms with van der Waals surface area (Å²) >= 11 is 1.56. The summed E-state index contributed by atoms with van der Waals surface area (Å²) in [5.74, 6) is -0.293. The third kappa shape index (κ3) is 7.16. The van der Waals surface area contributed by atoms with Crippen molar-refractivity contribution in [3.8, 4) is 0 Å². The lowest BCUT2D eigenvalue weighted by Crippen LogP contribution is -2.33. The number of nitrogens with one attached hydrogen (secondary N) is 1. The van der Waals surface area contributed by atoms with Gasteiger partial charge >= 0.3 is 5.97 Å². The average molecular weight is 297 g/mol. The van der Waals surface area contributed by atoms with Crippen LogP contribution < -0.4 is 5.32 Å². The Labute approximate surface area is 122 Å². The number of aliphatic carboxylic acids is 1. The van der Waals surface area contributed by atoms with Crippen LogP contribution in [0.25, 0.3) is 0 Å². The lowest BCUT2D eigenvalue weighted by atomic mass is 10.2. The van der Waals surface area contributed by atoms with E-state index in [1.54, 1.807) is 11.8 Å². The second-order valence-electron chi connectivity index (χ2n) is 4.18. The molecule has 1 rings (SSSR count). The number of rotatable bonds is 9. The number of hydrogen-bond donors (Lipinski definition) is 2. The molecule has 1 aromatic carbocycles. The van der Waals surface area contributed by atoms with Gasteiger partial charge < -0.3 is 15.2 Å². The summed E-state index contributed by atoms with van der Waals surface area (Å²) in [6, 6.07) is 9.96. The molecule has 0 spiro atoms. The van der Waals surface area contributed by atoms with Crippen molar-refractivity contribution >= 4 is 23.6 Å². The molecule has 0 aliphatic rings. The van der Waals surface area contributed by atoms with Gasteiger partial charge in [-0.1, -0.05) is 30.3 Å². The van der Waals surface area contributed by atoms with Crippen LogP contribution in [0, 0.1) is 0 Å². The van der Waals surface area contributed by atoms with E-state index in [9.17, 15) is 9.59 Å². The molecule has 1 amide bonds. The first-order valence-corrected chi connectivity index (χ1v) is 7.37. The zero-order valence-electron chi connectivity index (χ0n) is 11.4. The van der Waals surface area contributed by atoms with Gasteiger partial charge in [-0.05, 0) is 12.5 Å². The molecule has 0 saturated heterocycles. The Morgan fingerprint density at radius 1 is 1.35 bits per heavy atom. The summed E-state index contributed by atoms with van der Waals surface area (Å²) in [6.07, 6.45) is 0. The molecule has 2 N–H and O–H groups in total. The maximum Gasteiger partial charge on any atom is 0.329 e. The highest BCUT2D eigenvalue weighted by Gasteiger charge is 2.12. The Morgan fingerprint density at radius 2 is 2.05 bits per heavy atom. The smallest absolute Gasteiger partial charge is 0.329 e. The molecule has 0 saturated carbocycles. The van der Waals surface area contributed by atoms with E-state index in [1.807, 2.05) is 37.3 Å². The fourth-order valence-corrected chi connectivity index (χ4v) is 2.29. The van der Waals surface area contributed by atoms with E-state index in [4.69, 9.17) is 9.84 Å². The highest BCUT2D eigenvalue weighted by Crippen LogP contribution is 2.17. The van der Waals surface area contributed by atoms with E-state index < -0.39 is 5.97 Å². The van der Waals surface area contributed by atoms with Crippen LogP contribution in [-0.4, -0.2) is 42.0 Å². The van der Waals surface area contributed by atoms with E-state index in [2.05, 4.69) is 5.32 Å². The number of carbonyl (C=O) groups excluding carboxylic acids is 1. The lowest BCUT2D eigenvalue weighted by Gasteiger charge is -2.12. The predicted octanol–water partition coefficient (Wildman–Crippen LogP) is 1.53. The number of carbonyl (C=O) groups is 2. The van der Waals surface area contributed by atoms with Crippen molar-refractivity contribution in [3.05, 3.63) is 35.9 Å². The highest BCUT2D eigenvalue weighted by molar-refractivity contribution is 7.99. The van der Waals surface area contributed by atoms with Crippen LogP contribution >= 0.6 is 11.8 Å². The van der Waals surface area contributed by atoms with Crippen molar-refractivity contribution in [2.75, 3.05) is 19.8 Å². The number of benzene rings is 1. The van der Waals surface area contributed by atoms with Crippen molar-refractivity contribution in [1.29, 1.82) is 0 Å². The van der Waals surface area contributed by atoms with E-state index in [1.165, 1.54) is 5.56 Å². The maximum atomic E-state index is 11.8. The van der Waals surface area contributed by atoms with Crippen molar-refractivity contribution in [2.45, 2.75) is 17.9 Å². The average Bonchev–Trinajstić information content (AvgIpc) is 2.45. The van der Waals surface area contributed by atoms with Gasteiger partial charge in [-0.3, -0.25) is 4.79 Å². The summed E-state index contributed by atoms with van der Waals surface area (Å²) < 4.78 is 4.83. The molecule has 1 atom stereocenters. The van der Waals surface area contributed by atoms with Crippen molar-refractivity contribution < 1.29 is 19.4 Å². The number of hydrogen-bond acceptors (Lipinski definition) is 4. The largest absolute Gasteiger partial charge is 0.480 e. The lowest BCUT2D eigenvalue weighted by molar-refractivity contribution is -0.142. The van der Waals surface area contributed by atoms with E-state index in [-0.39, 0.29) is 24.4 Å². The normalized spacial score (nSPS) is 11.8. The molecule has 1 unspecified atom stereocenters. The minimum Gasteiger partial charge on any atom is -0.480 e. The molecular weight excluding hydrogens is 278 g/mol. The summed E-state index contributed by atoms with van der Waals surface area (Å²) in [7, 11) is 0. The quantitative estimate of drug-likeness (QED) is 0.676. The maximum absolute atomic E-state index is 11.8. The Morgan fingerprint density at radius 3 is 2.70 bits per heavy atom. The van der Waals surface area contributed by atoms with Crippen LogP contribution in [0.5, 0.6) is 0 Å². The van der Waals surface area contributed by atoms with Crippen LogP contribution in [0.4, 0.5) is 0 Å². The minimum atomic E-state index is -1.01. The molecule has 5 nitrogen and oxygen atoms in total. The molecule has 0 aromatic heterocycles. The zero-order chi connectivity index (χ0) is 14.8. The monoisotopic (exact) mass is 297 g/mol. The van der Waals surface area contributed by atoms with Gasteiger partial charge in [0.15, 0.2) is 0 Å². The molecule has 0 aliphatic carbocycles. The SMILES string of the molecule is CC(SCc1ccccc1)C(=O)NCCOCC(=O)O. The van der Waals surface area contributed by atoms with Gasteiger partial charge in [-0.25, -0.2) is 4.79 Å². The van der Waals surface area contributed by atoms with Crippen molar-refractivity contribution in [2.24, 2.45) is 0 Å². The summed E-state index contributed by atoms with van der Waals surface area (Å²) in [4.78, 5) is 22.0. The standard InChI is InChI=1S/C14H19NO4S/c1-11(20-10-12-5-3-2-4-6-12)14(18)15-7-8-19-9-13(16)17/h2-6,11H,7-10H2,1H3,(H,15,18)(H,16,17). The van der Waals surface area contributed by atoms with Gasteiger partial charge in [-0.2, -0.15) is 0 Å². The molecule has 0 fully saturated rings. The summed E-state index contributed by atoms with van der Waals surface area (Å²) in [5, 5.41) is 10.9. The third-order valence-electron chi connectivity index (χ3n) is 2.48. The number of thioether (sulfide) groups is 1. The molecule has 6 heteroatoms. The third-order valence-corrected chi connectivity index (χ3v) is 3.70. The Bertz CT molecular complexity index is 424. The van der Waals surface area contributed by atoms with E-state index in [0.717, 1.165) is 5.75 Å². The zero-order valence-corrected chi connectivity index (χ0v) is 12.2. The first-order chi connectivity index (χ1) is 9.59. The fraction of sp³-hybridized carbons (Fsp3) is 0.429. The van der Waals surface area contributed by atoms with Crippen LogP contribution in [-0.2, 0) is 20.1 Å². The summed E-state index contributed by atoms with van der Waals surface area (Å²) in [6.45, 7) is 2.03. The van der Waals surface area contributed by atoms with Crippen LogP contribution in [0.3, 0.4) is 0 Å². The van der Waals surface area contributed by atoms with Gasteiger partial charge in [0.2, 0.25) is 5.91 Å². The Balaban J connectivity index is 2.14. The molecule has 0 bridgehead atoms. The van der Waals surface area contributed by atoms with Crippen LogP contribution in [0.15, 0.2) is 30.3 Å². The molecule has 110 valence electrons. The molecule has 20 heavy (non-hydrogen) atoms. The van der Waals surface area contributed by atoms with Gasteiger partial charge in [0.25, 0.3) is 0 Å². The van der Waals surface area contributed by atoms with E-state index in [0.29, 0.717) is 6.54 Å². The number of carboxylic acid groups (broad SMARTS) is 1. The minimum absolute atomic E-state index is 0.0649. The molecule has 0 aliphatic heterocycles. The van der Waals surface area contributed by atoms with Crippen molar-refractivity contribution in [3.63, 3.8) is 0 Å². The fourth-order valence-electron chi connectivity index (χ4n) is 1.42. The summed E-state index contributed by atoms with van der Waals surface area (Å²) in [5.41, 5.74) is 1.18. The second kappa shape index (κ2) is 9.39. The highest BCUT2D eigenvalue weighted by atomic mass is 32.2. The Kier molecular flexibility index (Phi) is 7.75. The molecular formula is C14H19NO4S. The van der Waals surface area contributed by atoms with Crippen LogP contribution in [0.2, 0.25) is 0 Å². The number of ether oxygens (including phenoxy) is 1. The number of carboxylic acids is 1. The number of amides is 1. The van der Waals surface area contributed by atoms with Gasteiger partial charge in [0.1, 0.15) is 6.61 Å². The second-order valence-corrected chi connectivity index (χ2v) is 5.51.